The molecule has 0 radical (unpaired) electrons. The summed E-state index contributed by atoms with van der Waals surface area (Å²) in [6.07, 6.45) is 5.43. The van der Waals surface area contributed by atoms with Crippen molar-refractivity contribution in [3.8, 4) is 0 Å². The zero-order valence-electron chi connectivity index (χ0n) is 10.3. The Hall–Kier alpha value is -0.760. The number of aryl methyl sites for hydroxylation is 1. The third-order valence-corrected chi connectivity index (χ3v) is 3.29. The molecule has 1 aromatic heterocycles. The summed E-state index contributed by atoms with van der Waals surface area (Å²) in [5.41, 5.74) is 1.25. The van der Waals surface area contributed by atoms with Crippen molar-refractivity contribution in [2.24, 2.45) is 5.92 Å². The largest absolute Gasteiger partial charge is 0.467 e. The van der Waals surface area contributed by atoms with Crippen LogP contribution in [0.5, 0.6) is 0 Å². The second kappa shape index (κ2) is 5.96. The molecule has 2 heteroatoms. The van der Waals surface area contributed by atoms with Gasteiger partial charge >= 0.3 is 0 Å². The summed E-state index contributed by atoms with van der Waals surface area (Å²) in [5, 5.41) is 3.35. The van der Waals surface area contributed by atoms with Gasteiger partial charge in [-0.3, -0.25) is 0 Å². The number of hydrogen-bond acceptors (Lipinski definition) is 2. The van der Waals surface area contributed by atoms with Crippen molar-refractivity contribution in [1.82, 2.24) is 5.32 Å². The predicted octanol–water partition coefficient (Wildman–Crippen LogP) is 3.67. The number of nitrogens with one attached hydrogen (secondary N) is 1. The second-order valence-electron chi connectivity index (χ2n) is 4.23. The minimum atomic E-state index is 0.366. The van der Waals surface area contributed by atoms with Crippen LogP contribution < -0.4 is 5.32 Å². The fourth-order valence-electron chi connectivity index (χ4n) is 2.05. The predicted molar refractivity (Wildman–Crippen MR) is 63.9 cm³/mol. The van der Waals surface area contributed by atoms with Gasteiger partial charge in [-0.2, -0.15) is 0 Å². The molecule has 0 fully saturated rings. The topological polar surface area (TPSA) is 25.2 Å². The van der Waals surface area contributed by atoms with E-state index >= 15 is 0 Å². The first-order valence-corrected chi connectivity index (χ1v) is 5.94. The van der Waals surface area contributed by atoms with E-state index in [1.165, 1.54) is 18.4 Å². The molecular weight excluding hydrogens is 186 g/mol. The van der Waals surface area contributed by atoms with E-state index in [0.29, 0.717) is 6.04 Å². The number of rotatable bonds is 6. The van der Waals surface area contributed by atoms with Crippen molar-refractivity contribution in [2.45, 2.75) is 46.1 Å². The maximum atomic E-state index is 5.54. The second-order valence-corrected chi connectivity index (χ2v) is 4.23. The number of hydrogen-bond donors (Lipinski definition) is 1. The highest BCUT2D eigenvalue weighted by Gasteiger charge is 2.18. The Bertz CT molecular complexity index is 276. The molecule has 1 aromatic rings. The molecule has 0 spiro atoms. The van der Waals surface area contributed by atoms with Crippen LogP contribution in [0.3, 0.4) is 0 Å². The third-order valence-electron chi connectivity index (χ3n) is 3.29. The van der Waals surface area contributed by atoms with Crippen LogP contribution in [0, 0.1) is 12.8 Å². The van der Waals surface area contributed by atoms with E-state index in [0.717, 1.165) is 18.1 Å². The summed E-state index contributed by atoms with van der Waals surface area (Å²) >= 11 is 0. The lowest BCUT2D eigenvalue weighted by Crippen LogP contribution is -2.19. The maximum Gasteiger partial charge on any atom is 0.123 e. The van der Waals surface area contributed by atoms with Crippen molar-refractivity contribution >= 4 is 0 Å². The molecule has 1 atom stereocenters. The van der Waals surface area contributed by atoms with Crippen molar-refractivity contribution in [1.29, 1.82) is 0 Å². The summed E-state index contributed by atoms with van der Waals surface area (Å²) in [6, 6.07) is 2.40. The summed E-state index contributed by atoms with van der Waals surface area (Å²) < 4.78 is 5.54. The monoisotopic (exact) mass is 209 g/mol. The lowest BCUT2D eigenvalue weighted by Gasteiger charge is -2.20. The summed E-state index contributed by atoms with van der Waals surface area (Å²) in [4.78, 5) is 0. The maximum absolute atomic E-state index is 5.54. The van der Waals surface area contributed by atoms with Gasteiger partial charge in [0.2, 0.25) is 0 Å². The minimum Gasteiger partial charge on any atom is -0.467 e. The molecule has 0 saturated carbocycles. The fourth-order valence-corrected chi connectivity index (χ4v) is 2.05. The molecule has 1 heterocycles. The summed E-state index contributed by atoms with van der Waals surface area (Å²) in [6.45, 7) is 6.63. The van der Waals surface area contributed by atoms with E-state index < -0.39 is 0 Å². The van der Waals surface area contributed by atoms with Gasteiger partial charge < -0.3 is 9.73 Å². The quantitative estimate of drug-likeness (QED) is 0.773. The first kappa shape index (κ1) is 12.3. The van der Waals surface area contributed by atoms with Crippen LogP contribution in [0.4, 0.5) is 0 Å². The molecule has 0 bridgehead atoms. The van der Waals surface area contributed by atoms with Crippen LogP contribution in [0.2, 0.25) is 0 Å². The van der Waals surface area contributed by atoms with Crippen LogP contribution >= 0.6 is 0 Å². The highest BCUT2D eigenvalue weighted by molar-refractivity contribution is 5.18. The smallest absolute Gasteiger partial charge is 0.123 e. The summed E-state index contributed by atoms with van der Waals surface area (Å²) in [5.74, 6) is 1.89. The molecule has 0 amide bonds. The van der Waals surface area contributed by atoms with Crippen molar-refractivity contribution < 1.29 is 4.42 Å². The zero-order valence-corrected chi connectivity index (χ0v) is 10.3. The number of furan rings is 1. The van der Waals surface area contributed by atoms with E-state index in [4.69, 9.17) is 4.42 Å². The normalized spacial score (nSPS) is 13.4. The Morgan fingerprint density at radius 1 is 1.33 bits per heavy atom. The van der Waals surface area contributed by atoms with E-state index in [1.54, 1.807) is 6.26 Å². The molecule has 0 saturated heterocycles. The van der Waals surface area contributed by atoms with E-state index in [1.807, 2.05) is 13.1 Å². The molecular formula is C13H23NO. The van der Waals surface area contributed by atoms with Gasteiger partial charge in [0.1, 0.15) is 5.76 Å². The molecule has 2 nitrogen and oxygen atoms in total. The van der Waals surface area contributed by atoms with Gasteiger partial charge in [0, 0.05) is 0 Å². The van der Waals surface area contributed by atoms with Gasteiger partial charge in [0.25, 0.3) is 0 Å². The van der Waals surface area contributed by atoms with Crippen molar-refractivity contribution in [3.05, 3.63) is 23.7 Å². The fraction of sp³-hybridized carbons (Fsp3) is 0.692. The Balaban J connectivity index is 2.68. The average Bonchev–Trinajstić information content (AvgIpc) is 2.67. The lowest BCUT2D eigenvalue weighted by molar-refractivity contribution is 0.340. The van der Waals surface area contributed by atoms with Gasteiger partial charge in [-0.1, -0.05) is 26.7 Å². The van der Waals surface area contributed by atoms with Crippen LogP contribution in [0.15, 0.2) is 16.7 Å². The van der Waals surface area contributed by atoms with E-state index in [-0.39, 0.29) is 0 Å². The highest BCUT2D eigenvalue weighted by Crippen LogP contribution is 2.27. The Kier molecular flexibility index (Phi) is 4.89. The Labute approximate surface area is 93.1 Å². The molecule has 0 aliphatic carbocycles. The molecule has 0 aliphatic rings. The van der Waals surface area contributed by atoms with Crippen molar-refractivity contribution in [3.63, 3.8) is 0 Å². The molecule has 0 aliphatic heterocycles. The highest BCUT2D eigenvalue weighted by atomic mass is 16.3. The third kappa shape index (κ3) is 3.10. The van der Waals surface area contributed by atoms with Crippen LogP contribution in [-0.2, 0) is 0 Å². The Morgan fingerprint density at radius 3 is 2.40 bits per heavy atom. The molecule has 1 rings (SSSR count). The van der Waals surface area contributed by atoms with Gasteiger partial charge in [-0.05, 0) is 37.9 Å². The standard InChI is InChI=1S/C13H23NO/c1-5-11(6-2)9-12(14-4)13-10(3)7-8-15-13/h7-8,11-12,14H,5-6,9H2,1-4H3. The van der Waals surface area contributed by atoms with Gasteiger partial charge in [0.15, 0.2) is 0 Å². The van der Waals surface area contributed by atoms with Gasteiger partial charge in [-0.25, -0.2) is 0 Å². The summed E-state index contributed by atoms with van der Waals surface area (Å²) in [7, 11) is 2.01. The van der Waals surface area contributed by atoms with Crippen LogP contribution in [0.25, 0.3) is 0 Å². The first-order valence-electron chi connectivity index (χ1n) is 5.94. The van der Waals surface area contributed by atoms with Gasteiger partial charge in [-0.15, -0.1) is 0 Å². The molecule has 15 heavy (non-hydrogen) atoms. The average molecular weight is 209 g/mol. The first-order chi connectivity index (χ1) is 7.22. The zero-order chi connectivity index (χ0) is 11.3. The van der Waals surface area contributed by atoms with Crippen molar-refractivity contribution in [2.75, 3.05) is 7.05 Å². The molecule has 86 valence electrons. The lowest BCUT2D eigenvalue weighted by atomic mass is 9.93. The molecule has 1 unspecified atom stereocenters. The van der Waals surface area contributed by atoms with Crippen LogP contribution in [-0.4, -0.2) is 7.05 Å². The molecule has 0 aromatic carbocycles. The van der Waals surface area contributed by atoms with Gasteiger partial charge in [0.05, 0.1) is 12.3 Å². The molecule has 1 N–H and O–H groups in total. The van der Waals surface area contributed by atoms with E-state index in [9.17, 15) is 0 Å². The minimum absolute atomic E-state index is 0.366. The van der Waals surface area contributed by atoms with Crippen LogP contribution in [0.1, 0.15) is 50.5 Å². The Morgan fingerprint density at radius 2 is 2.00 bits per heavy atom. The van der Waals surface area contributed by atoms with E-state index in [2.05, 4.69) is 26.1 Å². The SMILES string of the molecule is CCC(CC)CC(NC)c1occc1C.